The topological polar surface area (TPSA) is 39.1 Å². The number of nitrogens with zero attached hydrogens (tertiary/aromatic N) is 2. The molecule has 2 rings (SSSR count). The highest BCUT2D eigenvalue weighted by Gasteiger charge is 2.28. The van der Waals surface area contributed by atoms with E-state index < -0.39 is 0 Å². The van der Waals surface area contributed by atoms with Gasteiger partial charge >= 0.3 is 0 Å². The lowest BCUT2D eigenvalue weighted by molar-refractivity contribution is 0.0780. The fourth-order valence-electron chi connectivity index (χ4n) is 4.23. The van der Waals surface area contributed by atoms with Gasteiger partial charge in [0.2, 0.25) is 0 Å². The predicted octanol–water partition coefficient (Wildman–Crippen LogP) is 3.85. The van der Waals surface area contributed by atoms with Crippen molar-refractivity contribution in [2.24, 2.45) is 0 Å². The Labute approximate surface area is 131 Å². The summed E-state index contributed by atoms with van der Waals surface area (Å²) < 4.78 is 0. The Balaban J connectivity index is 1.92. The van der Waals surface area contributed by atoms with E-state index in [0.29, 0.717) is 0 Å². The van der Waals surface area contributed by atoms with Crippen LogP contribution in [0.2, 0.25) is 0 Å². The average molecular weight is 291 g/mol. The first-order valence-electron chi connectivity index (χ1n) is 9.24. The molecule has 0 aromatic heterocycles. The van der Waals surface area contributed by atoms with Crippen molar-refractivity contribution in [2.45, 2.75) is 95.7 Å². The first-order valence-corrected chi connectivity index (χ1v) is 9.24. The maximum atomic E-state index is 9.26. The van der Waals surface area contributed by atoms with Crippen molar-refractivity contribution in [2.75, 3.05) is 13.1 Å². The summed E-state index contributed by atoms with van der Waals surface area (Å²) >= 11 is 0. The van der Waals surface area contributed by atoms with Crippen LogP contribution in [0.3, 0.4) is 0 Å². The van der Waals surface area contributed by atoms with Crippen molar-refractivity contribution in [3.05, 3.63) is 0 Å². The molecule has 3 nitrogen and oxygen atoms in total. The van der Waals surface area contributed by atoms with Gasteiger partial charge in [0, 0.05) is 18.6 Å². The monoisotopic (exact) mass is 291 g/mol. The number of nitrogens with one attached hydrogen (secondary N) is 1. The number of hydrogen-bond acceptors (Lipinski definition) is 3. The molecule has 3 heteroatoms. The summed E-state index contributed by atoms with van der Waals surface area (Å²) in [6.07, 6.45) is 15.0. The van der Waals surface area contributed by atoms with Gasteiger partial charge in [0.15, 0.2) is 0 Å². The molecule has 1 N–H and O–H groups in total. The van der Waals surface area contributed by atoms with E-state index in [0.717, 1.165) is 31.6 Å². The Morgan fingerprint density at radius 3 is 1.95 bits per heavy atom. The molecular weight excluding hydrogens is 258 g/mol. The van der Waals surface area contributed by atoms with E-state index in [2.05, 4.69) is 23.2 Å². The highest BCUT2D eigenvalue weighted by atomic mass is 15.2. The third kappa shape index (κ3) is 5.27. The molecule has 0 aliphatic heterocycles. The Hall–Kier alpha value is -0.590. The third-order valence-corrected chi connectivity index (χ3v) is 5.37. The standard InChI is InChI=1S/C18H33N3/c1-2-20-16(15-19)13-14-21(17-9-5-3-6-10-17)18-11-7-4-8-12-18/h16-18,20H,2-14H2,1H3. The summed E-state index contributed by atoms with van der Waals surface area (Å²) in [6.45, 7) is 4.09. The minimum absolute atomic E-state index is 0.0321. The highest BCUT2D eigenvalue weighted by molar-refractivity contribution is 4.92. The molecule has 2 fully saturated rings. The van der Waals surface area contributed by atoms with E-state index in [1.807, 2.05) is 0 Å². The van der Waals surface area contributed by atoms with Gasteiger partial charge in [-0.2, -0.15) is 5.26 Å². The second-order valence-electron chi connectivity index (χ2n) is 6.85. The van der Waals surface area contributed by atoms with Crippen molar-refractivity contribution in [3.8, 4) is 6.07 Å². The van der Waals surface area contributed by atoms with E-state index in [9.17, 15) is 5.26 Å². The fraction of sp³-hybridized carbons (Fsp3) is 0.944. The summed E-state index contributed by atoms with van der Waals surface area (Å²) in [4.78, 5) is 2.81. The largest absolute Gasteiger partial charge is 0.302 e. The van der Waals surface area contributed by atoms with Gasteiger partial charge in [-0.25, -0.2) is 0 Å². The van der Waals surface area contributed by atoms with Crippen molar-refractivity contribution >= 4 is 0 Å². The number of nitriles is 1. The van der Waals surface area contributed by atoms with Crippen LogP contribution in [0, 0.1) is 11.3 Å². The molecular formula is C18H33N3. The van der Waals surface area contributed by atoms with Gasteiger partial charge in [0.05, 0.1) is 12.1 Å². The molecule has 120 valence electrons. The molecule has 2 aliphatic rings. The molecule has 0 radical (unpaired) electrons. The SMILES string of the molecule is CCNC(C#N)CCN(C1CCCCC1)C1CCCCC1. The zero-order chi connectivity index (χ0) is 14.9. The second-order valence-corrected chi connectivity index (χ2v) is 6.85. The predicted molar refractivity (Wildman–Crippen MR) is 88.1 cm³/mol. The van der Waals surface area contributed by atoms with Crippen LogP contribution >= 0.6 is 0 Å². The summed E-state index contributed by atoms with van der Waals surface area (Å²) in [5.74, 6) is 0. The van der Waals surface area contributed by atoms with Crippen LogP contribution in [-0.2, 0) is 0 Å². The van der Waals surface area contributed by atoms with Gasteiger partial charge in [0.1, 0.15) is 0 Å². The van der Waals surface area contributed by atoms with E-state index in [-0.39, 0.29) is 6.04 Å². The summed E-state index contributed by atoms with van der Waals surface area (Å²) in [6, 6.07) is 4.05. The lowest BCUT2D eigenvalue weighted by Gasteiger charge is -2.42. The molecule has 0 aromatic carbocycles. The van der Waals surface area contributed by atoms with Gasteiger partial charge in [-0.15, -0.1) is 0 Å². The Morgan fingerprint density at radius 1 is 1.00 bits per heavy atom. The maximum Gasteiger partial charge on any atom is 0.0965 e. The van der Waals surface area contributed by atoms with E-state index in [4.69, 9.17) is 0 Å². The zero-order valence-electron chi connectivity index (χ0n) is 13.8. The van der Waals surface area contributed by atoms with Crippen LogP contribution in [0.1, 0.15) is 77.6 Å². The fourth-order valence-corrected chi connectivity index (χ4v) is 4.23. The number of hydrogen-bond donors (Lipinski definition) is 1. The second kappa shape index (κ2) is 9.43. The lowest BCUT2D eigenvalue weighted by atomic mass is 9.88. The van der Waals surface area contributed by atoms with Crippen LogP contribution in [0.5, 0.6) is 0 Å². The van der Waals surface area contributed by atoms with Crippen molar-refractivity contribution in [1.29, 1.82) is 5.26 Å². The molecule has 0 spiro atoms. The van der Waals surface area contributed by atoms with Crippen molar-refractivity contribution in [1.82, 2.24) is 10.2 Å². The minimum Gasteiger partial charge on any atom is -0.302 e. The Kier molecular flexibility index (Phi) is 7.53. The van der Waals surface area contributed by atoms with Crippen LogP contribution in [0.15, 0.2) is 0 Å². The van der Waals surface area contributed by atoms with Crippen LogP contribution in [0.25, 0.3) is 0 Å². The molecule has 2 aliphatic carbocycles. The van der Waals surface area contributed by atoms with E-state index >= 15 is 0 Å². The lowest BCUT2D eigenvalue weighted by Crippen LogP contribution is -2.47. The molecule has 0 aromatic rings. The van der Waals surface area contributed by atoms with Gasteiger partial charge < -0.3 is 5.32 Å². The quantitative estimate of drug-likeness (QED) is 0.774. The van der Waals surface area contributed by atoms with Crippen LogP contribution in [0.4, 0.5) is 0 Å². The Bertz CT molecular complexity index is 293. The third-order valence-electron chi connectivity index (χ3n) is 5.37. The van der Waals surface area contributed by atoms with Gasteiger partial charge in [-0.05, 0) is 38.6 Å². The summed E-state index contributed by atoms with van der Waals surface area (Å²) in [7, 11) is 0. The maximum absolute atomic E-state index is 9.26. The van der Waals surface area contributed by atoms with Gasteiger partial charge in [-0.1, -0.05) is 45.4 Å². The van der Waals surface area contributed by atoms with Crippen molar-refractivity contribution in [3.63, 3.8) is 0 Å². The molecule has 1 atom stereocenters. The smallest absolute Gasteiger partial charge is 0.0965 e. The molecule has 0 heterocycles. The van der Waals surface area contributed by atoms with E-state index in [1.54, 1.807) is 0 Å². The van der Waals surface area contributed by atoms with Gasteiger partial charge in [-0.3, -0.25) is 4.90 Å². The summed E-state index contributed by atoms with van der Waals surface area (Å²) in [5.41, 5.74) is 0. The Morgan fingerprint density at radius 2 is 1.52 bits per heavy atom. The molecule has 1 unspecified atom stereocenters. The van der Waals surface area contributed by atoms with Crippen LogP contribution in [-0.4, -0.2) is 36.1 Å². The zero-order valence-corrected chi connectivity index (χ0v) is 13.8. The average Bonchev–Trinajstić information content (AvgIpc) is 2.56. The molecule has 21 heavy (non-hydrogen) atoms. The summed E-state index contributed by atoms with van der Waals surface area (Å²) in [5, 5.41) is 12.6. The normalized spacial score (nSPS) is 23.1. The first-order chi connectivity index (χ1) is 10.3. The van der Waals surface area contributed by atoms with Crippen LogP contribution < -0.4 is 5.32 Å². The first kappa shape index (κ1) is 16.8. The van der Waals surface area contributed by atoms with Gasteiger partial charge in [0.25, 0.3) is 0 Å². The van der Waals surface area contributed by atoms with Crippen molar-refractivity contribution < 1.29 is 0 Å². The number of rotatable bonds is 7. The molecule has 2 saturated carbocycles. The van der Waals surface area contributed by atoms with E-state index in [1.165, 1.54) is 64.2 Å². The molecule has 0 saturated heterocycles. The molecule has 0 amide bonds. The molecule has 0 bridgehead atoms. The highest BCUT2D eigenvalue weighted by Crippen LogP contribution is 2.30. The minimum atomic E-state index is 0.0321.